The van der Waals surface area contributed by atoms with E-state index in [1.807, 2.05) is 35.0 Å². The quantitative estimate of drug-likeness (QED) is 0.393. The van der Waals surface area contributed by atoms with Crippen LogP contribution in [0.4, 0.5) is 0 Å². The molecule has 5 rings (SSSR count). The van der Waals surface area contributed by atoms with Crippen molar-refractivity contribution in [3.63, 3.8) is 0 Å². The lowest BCUT2D eigenvalue weighted by Crippen LogP contribution is -2.37. The van der Waals surface area contributed by atoms with Crippen LogP contribution in [0.25, 0.3) is 22.2 Å². The standard InChI is InChI=1S/C24H20ClN3OS/c1-3-23(29)28-13-20(19-11-22(25)30-21(19)14-28)18-7-5-4-6-17(18)16-10-15-8-9-27(2)24(15)26-12-16/h3-12,20H,1,13-14H2,2H3/t20-/m0/s1. The van der Waals surface area contributed by atoms with Crippen LogP contribution in [-0.2, 0) is 18.4 Å². The molecule has 1 aliphatic heterocycles. The van der Waals surface area contributed by atoms with Crippen LogP contribution in [0.15, 0.2) is 67.5 Å². The summed E-state index contributed by atoms with van der Waals surface area (Å²) in [5.41, 5.74) is 5.54. The van der Waals surface area contributed by atoms with Crippen LogP contribution in [-0.4, -0.2) is 26.9 Å². The van der Waals surface area contributed by atoms with E-state index in [1.165, 1.54) is 17.2 Å². The van der Waals surface area contributed by atoms with Crippen molar-refractivity contribution in [2.45, 2.75) is 12.5 Å². The van der Waals surface area contributed by atoms with Crippen molar-refractivity contribution >= 4 is 39.9 Å². The summed E-state index contributed by atoms with van der Waals surface area (Å²) < 4.78 is 2.77. The molecule has 4 nitrogen and oxygen atoms in total. The molecule has 1 atom stereocenters. The molecule has 3 aromatic heterocycles. The Labute approximate surface area is 184 Å². The Bertz CT molecular complexity index is 1290. The first-order chi connectivity index (χ1) is 14.5. The van der Waals surface area contributed by atoms with Crippen LogP contribution in [0.2, 0.25) is 4.34 Å². The molecule has 0 fully saturated rings. The number of hydrogen-bond acceptors (Lipinski definition) is 3. The van der Waals surface area contributed by atoms with Crippen LogP contribution >= 0.6 is 22.9 Å². The molecule has 0 aliphatic carbocycles. The molecule has 0 bridgehead atoms. The maximum Gasteiger partial charge on any atom is 0.246 e. The predicted molar refractivity (Wildman–Crippen MR) is 123 cm³/mol. The summed E-state index contributed by atoms with van der Waals surface area (Å²) in [6.07, 6.45) is 5.33. The molecule has 4 heterocycles. The fourth-order valence-electron chi connectivity index (χ4n) is 4.31. The minimum absolute atomic E-state index is 0.0454. The van der Waals surface area contributed by atoms with Gasteiger partial charge in [-0.1, -0.05) is 42.4 Å². The van der Waals surface area contributed by atoms with Gasteiger partial charge in [0.15, 0.2) is 0 Å². The normalized spacial score (nSPS) is 15.9. The van der Waals surface area contributed by atoms with Crippen LogP contribution in [0.5, 0.6) is 0 Å². The van der Waals surface area contributed by atoms with Crippen LogP contribution < -0.4 is 0 Å². The number of aromatic nitrogens is 2. The van der Waals surface area contributed by atoms with Crippen molar-refractivity contribution < 1.29 is 4.79 Å². The zero-order valence-corrected chi connectivity index (χ0v) is 18.1. The van der Waals surface area contributed by atoms with Gasteiger partial charge in [-0.15, -0.1) is 11.3 Å². The molecule has 30 heavy (non-hydrogen) atoms. The van der Waals surface area contributed by atoms with E-state index in [9.17, 15) is 4.79 Å². The number of rotatable bonds is 3. The maximum atomic E-state index is 12.4. The van der Waals surface area contributed by atoms with Gasteiger partial charge in [0.2, 0.25) is 5.91 Å². The van der Waals surface area contributed by atoms with E-state index in [2.05, 4.69) is 48.0 Å². The number of nitrogens with zero attached hydrogens (tertiary/aromatic N) is 3. The van der Waals surface area contributed by atoms with E-state index in [1.54, 1.807) is 11.3 Å². The second kappa shape index (κ2) is 7.42. The number of halogens is 1. The van der Waals surface area contributed by atoms with Crippen molar-refractivity contribution in [1.82, 2.24) is 14.5 Å². The zero-order valence-electron chi connectivity index (χ0n) is 16.5. The second-order valence-corrected chi connectivity index (χ2v) is 9.32. The summed E-state index contributed by atoms with van der Waals surface area (Å²) >= 11 is 7.92. The molecule has 0 N–H and O–H groups in total. The smallest absolute Gasteiger partial charge is 0.246 e. The van der Waals surface area contributed by atoms with Gasteiger partial charge in [-0.25, -0.2) is 4.98 Å². The highest BCUT2D eigenvalue weighted by Gasteiger charge is 2.31. The highest BCUT2D eigenvalue weighted by atomic mass is 35.5. The Morgan fingerprint density at radius 2 is 2.10 bits per heavy atom. The fourth-order valence-corrected chi connectivity index (χ4v) is 5.67. The lowest BCUT2D eigenvalue weighted by Gasteiger charge is -2.33. The third-order valence-electron chi connectivity index (χ3n) is 5.76. The summed E-state index contributed by atoms with van der Waals surface area (Å²) in [4.78, 5) is 20.1. The number of fused-ring (bicyclic) bond motifs is 2. The summed E-state index contributed by atoms with van der Waals surface area (Å²) in [6.45, 7) is 4.84. The number of thiophene rings is 1. The van der Waals surface area contributed by atoms with E-state index in [-0.39, 0.29) is 11.8 Å². The molecule has 1 aliphatic rings. The SMILES string of the molecule is C=CC(=O)N1Cc2sc(Cl)cc2[C@H](c2ccccc2-c2cnc3c(ccn3C)c2)C1. The maximum absolute atomic E-state index is 12.4. The molecule has 0 radical (unpaired) electrons. The van der Waals surface area contributed by atoms with Gasteiger partial charge in [-0.3, -0.25) is 4.79 Å². The predicted octanol–water partition coefficient (Wildman–Crippen LogP) is 5.62. The highest BCUT2D eigenvalue weighted by molar-refractivity contribution is 7.16. The molecule has 150 valence electrons. The van der Waals surface area contributed by atoms with Crippen LogP contribution in [0.3, 0.4) is 0 Å². The third-order valence-corrected chi connectivity index (χ3v) is 7.03. The summed E-state index contributed by atoms with van der Waals surface area (Å²) in [7, 11) is 2.00. The zero-order chi connectivity index (χ0) is 20.8. The first-order valence-electron chi connectivity index (χ1n) is 9.75. The van der Waals surface area contributed by atoms with Crippen LogP contribution in [0, 0.1) is 0 Å². The second-order valence-electron chi connectivity index (χ2n) is 7.56. The van der Waals surface area contributed by atoms with Crippen molar-refractivity contribution in [3.8, 4) is 11.1 Å². The van der Waals surface area contributed by atoms with E-state index in [0.29, 0.717) is 13.1 Å². The Morgan fingerprint density at radius 3 is 2.93 bits per heavy atom. The van der Waals surface area contributed by atoms with Gasteiger partial charge < -0.3 is 9.47 Å². The van der Waals surface area contributed by atoms with Gasteiger partial charge in [0, 0.05) is 47.7 Å². The minimum Gasteiger partial charge on any atom is -0.336 e. The molecule has 0 unspecified atom stereocenters. The number of benzene rings is 1. The van der Waals surface area contributed by atoms with Gasteiger partial charge in [0.25, 0.3) is 0 Å². The lowest BCUT2D eigenvalue weighted by molar-refractivity contribution is -0.127. The summed E-state index contributed by atoms with van der Waals surface area (Å²) in [5.74, 6) is -0.0101. The van der Waals surface area contributed by atoms with Crippen molar-refractivity contribution in [2.75, 3.05) is 6.54 Å². The number of aryl methyl sites for hydroxylation is 1. The van der Waals surface area contributed by atoms with E-state index < -0.39 is 0 Å². The first kappa shape index (κ1) is 19.1. The van der Waals surface area contributed by atoms with Gasteiger partial charge in [0.05, 0.1) is 10.9 Å². The average Bonchev–Trinajstić information content (AvgIpc) is 3.33. The molecule has 0 spiro atoms. The number of carbonyl (C=O) groups is 1. The summed E-state index contributed by atoms with van der Waals surface area (Å²) in [5, 5.41) is 1.11. The molecular formula is C24H20ClN3OS. The Balaban J connectivity index is 1.65. The lowest BCUT2D eigenvalue weighted by atomic mass is 9.84. The fraction of sp³-hybridized carbons (Fsp3) is 0.167. The van der Waals surface area contributed by atoms with E-state index in [4.69, 9.17) is 11.6 Å². The number of pyridine rings is 1. The molecular weight excluding hydrogens is 414 g/mol. The Hall–Kier alpha value is -2.89. The van der Waals surface area contributed by atoms with Gasteiger partial charge >= 0.3 is 0 Å². The molecule has 4 aromatic rings. The van der Waals surface area contributed by atoms with Gasteiger partial charge in [0.1, 0.15) is 5.65 Å². The van der Waals surface area contributed by atoms with E-state index >= 15 is 0 Å². The number of hydrogen-bond donors (Lipinski definition) is 0. The van der Waals surface area contributed by atoms with Gasteiger partial charge in [-0.05, 0) is 41.0 Å². The molecule has 1 aromatic carbocycles. The summed E-state index contributed by atoms with van der Waals surface area (Å²) in [6, 6.07) is 14.7. The average molecular weight is 434 g/mol. The third kappa shape index (κ3) is 3.15. The highest BCUT2D eigenvalue weighted by Crippen LogP contribution is 2.43. The van der Waals surface area contributed by atoms with Crippen molar-refractivity contribution in [3.05, 3.63) is 87.9 Å². The minimum atomic E-state index is -0.0555. The van der Waals surface area contributed by atoms with Crippen molar-refractivity contribution in [2.24, 2.45) is 7.05 Å². The molecule has 0 saturated carbocycles. The van der Waals surface area contributed by atoms with Crippen LogP contribution in [0.1, 0.15) is 21.9 Å². The number of carbonyl (C=O) groups excluding carboxylic acids is 1. The number of amides is 1. The first-order valence-corrected chi connectivity index (χ1v) is 10.9. The van der Waals surface area contributed by atoms with Crippen molar-refractivity contribution in [1.29, 1.82) is 0 Å². The van der Waals surface area contributed by atoms with E-state index in [0.717, 1.165) is 31.4 Å². The monoisotopic (exact) mass is 433 g/mol. The molecule has 1 amide bonds. The molecule has 0 saturated heterocycles. The molecule has 6 heteroatoms. The Morgan fingerprint density at radius 1 is 1.27 bits per heavy atom. The topological polar surface area (TPSA) is 38.1 Å². The Kier molecular flexibility index (Phi) is 4.72. The van der Waals surface area contributed by atoms with Gasteiger partial charge in [-0.2, -0.15) is 0 Å². The largest absolute Gasteiger partial charge is 0.336 e.